The van der Waals surface area contributed by atoms with E-state index in [1.807, 2.05) is 0 Å². The van der Waals surface area contributed by atoms with E-state index in [9.17, 15) is 14.6 Å². The summed E-state index contributed by atoms with van der Waals surface area (Å²) in [7, 11) is 1.40. The van der Waals surface area contributed by atoms with Crippen LogP contribution < -0.4 is 4.74 Å². The largest absolute Gasteiger partial charge is 0.494 e. The molecule has 0 bridgehead atoms. The molecule has 106 valence electrons. The second-order valence-corrected chi connectivity index (χ2v) is 5.31. The van der Waals surface area contributed by atoms with Crippen LogP contribution in [0.3, 0.4) is 0 Å². The zero-order valence-electron chi connectivity index (χ0n) is 11.2. The molecule has 1 aliphatic carbocycles. The Morgan fingerprint density at radius 3 is 2.37 bits per heavy atom. The molecule has 1 unspecified atom stereocenters. The van der Waals surface area contributed by atoms with Crippen molar-refractivity contribution in [1.82, 2.24) is 0 Å². The second-order valence-electron chi connectivity index (χ2n) is 5.31. The molecule has 1 saturated carbocycles. The van der Waals surface area contributed by atoms with E-state index in [4.69, 9.17) is 4.74 Å². The number of hydrogen-bond acceptors (Lipinski definition) is 3. The van der Waals surface area contributed by atoms with Gasteiger partial charge >= 0.3 is 0 Å². The number of hydrogen-bond donors (Lipinski definition) is 2. The Balaban J connectivity index is 2.22. The van der Waals surface area contributed by atoms with Gasteiger partial charge in [-0.3, -0.25) is 0 Å². The molecule has 2 N–H and O–H groups in total. The number of aliphatic hydroxyl groups excluding tert-OH is 1. The average Bonchev–Trinajstić information content (AvgIpc) is 2.63. The van der Waals surface area contributed by atoms with Crippen LogP contribution >= 0.6 is 0 Å². The van der Waals surface area contributed by atoms with Gasteiger partial charge in [0, 0.05) is 0 Å². The minimum absolute atomic E-state index is 0.142. The second kappa shape index (κ2) is 5.88. The zero-order chi connectivity index (χ0) is 13.9. The SMILES string of the molecule is COc1ccc(C(O)C2(O)CCCCCC2)cc1F. The Morgan fingerprint density at radius 2 is 1.84 bits per heavy atom. The lowest BCUT2D eigenvalue weighted by molar-refractivity contribution is -0.0868. The lowest BCUT2D eigenvalue weighted by atomic mass is 9.84. The van der Waals surface area contributed by atoms with Crippen molar-refractivity contribution >= 4 is 0 Å². The van der Waals surface area contributed by atoms with Crippen LogP contribution in [0.15, 0.2) is 18.2 Å². The maximum absolute atomic E-state index is 13.7. The fourth-order valence-corrected chi connectivity index (χ4v) is 2.78. The highest BCUT2D eigenvalue weighted by Crippen LogP contribution is 2.38. The first-order valence-corrected chi connectivity index (χ1v) is 6.81. The molecule has 4 heteroatoms. The number of aliphatic hydroxyl groups is 2. The van der Waals surface area contributed by atoms with E-state index in [1.165, 1.54) is 19.2 Å². The molecular weight excluding hydrogens is 247 g/mol. The van der Waals surface area contributed by atoms with Crippen molar-refractivity contribution in [2.45, 2.75) is 50.2 Å². The Hall–Kier alpha value is -1.13. The van der Waals surface area contributed by atoms with Gasteiger partial charge in [0.25, 0.3) is 0 Å². The number of halogens is 1. The van der Waals surface area contributed by atoms with E-state index in [0.29, 0.717) is 18.4 Å². The monoisotopic (exact) mass is 268 g/mol. The molecular formula is C15H21FO3. The smallest absolute Gasteiger partial charge is 0.165 e. The van der Waals surface area contributed by atoms with Gasteiger partial charge in [0.1, 0.15) is 6.10 Å². The predicted molar refractivity (Wildman–Crippen MR) is 70.6 cm³/mol. The van der Waals surface area contributed by atoms with Crippen LogP contribution in [0, 0.1) is 5.82 Å². The number of ether oxygens (including phenoxy) is 1. The predicted octanol–water partition coefficient (Wildman–Crippen LogP) is 2.95. The van der Waals surface area contributed by atoms with Gasteiger partial charge in [0.15, 0.2) is 11.6 Å². The summed E-state index contributed by atoms with van der Waals surface area (Å²) >= 11 is 0. The fourth-order valence-electron chi connectivity index (χ4n) is 2.78. The van der Waals surface area contributed by atoms with E-state index < -0.39 is 17.5 Å². The highest BCUT2D eigenvalue weighted by molar-refractivity contribution is 5.31. The van der Waals surface area contributed by atoms with Gasteiger partial charge in [-0.15, -0.1) is 0 Å². The summed E-state index contributed by atoms with van der Waals surface area (Å²) in [5.74, 6) is -0.375. The molecule has 0 spiro atoms. The molecule has 1 aliphatic rings. The minimum atomic E-state index is -1.14. The summed E-state index contributed by atoms with van der Waals surface area (Å²) in [6.45, 7) is 0. The first-order chi connectivity index (χ1) is 9.07. The van der Waals surface area contributed by atoms with Crippen molar-refractivity contribution in [2.75, 3.05) is 7.11 Å². The molecule has 0 saturated heterocycles. The summed E-state index contributed by atoms with van der Waals surface area (Å²) in [5, 5.41) is 20.9. The maximum Gasteiger partial charge on any atom is 0.165 e. The molecule has 19 heavy (non-hydrogen) atoms. The maximum atomic E-state index is 13.7. The molecule has 1 atom stereocenters. The number of methoxy groups -OCH3 is 1. The molecule has 3 nitrogen and oxygen atoms in total. The molecule has 0 aliphatic heterocycles. The molecule has 1 fully saturated rings. The van der Waals surface area contributed by atoms with Gasteiger partial charge in [0.2, 0.25) is 0 Å². The third-order valence-corrected chi connectivity index (χ3v) is 3.97. The van der Waals surface area contributed by atoms with Crippen molar-refractivity contribution in [3.05, 3.63) is 29.6 Å². The fraction of sp³-hybridized carbons (Fsp3) is 0.600. The van der Waals surface area contributed by atoms with Gasteiger partial charge < -0.3 is 14.9 Å². The first-order valence-electron chi connectivity index (χ1n) is 6.81. The zero-order valence-corrected chi connectivity index (χ0v) is 11.2. The van der Waals surface area contributed by atoms with Crippen LogP contribution in [-0.2, 0) is 0 Å². The summed E-state index contributed by atoms with van der Waals surface area (Å²) < 4.78 is 18.5. The molecule has 0 heterocycles. The number of rotatable bonds is 3. The van der Waals surface area contributed by atoms with Gasteiger partial charge in [-0.25, -0.2) is 4.39 Å². The van der Waals surface area contributed by atoms with Crippen molar-refractivity contribution in [1.29, 1.82) is 0 Å². The molecule has 1 aromatic carbocycles. The standard InChI is InChI=1S/C15H21FO3/c1-19-13-7-6-11(10-12(13)16)14(17)15(18)8-4-2-3-5-9-15/h6-7,10,14,17-18H,2-5,8-9H2,1H3. The Morgan fingerprint density at radius 1 is 1.21 bits per heavy atom. The Bertz CT molecular complexity index is 425. The lowest BCUT2D eigenvalue weighted by Gasteiger charge is -2.32. The highest BCUT2D eigenvalue weighted by atomic mass is 19.1. The van der Waals surface area contributed by atoms with E-state index in [-0.39, 0.29) is 5.75 Å². The molecule has 0 amide bonds. The highest BCUT2D eigenvalue weighted by Gasteiger charge is 2.37. The molecule has 0 aromatic heterocycles. The summed E-state index contributed by atoms with van der Waals surface area (Å²) in [5.41, 5.74) is -0.736. The van der Waals surface area contributed by atoms with Crippen LogP contribution in [0.2, 0.25) is 0 Å². The molecule has 0 radical (unpaired) electrons. The summed E-state index contributed by atoms with van der Waals surface area (Å²) in [6, 6.07) is 4.33. The summed E-state index contributed by atoms with van der Waals surface area (Å²) in [4.78, 5) is 0. The van der Waals surface area contributed by atoms with Crippen LogP contribution in [0.5, 0.6) is 5.75 Å². The van der Waals surface area contributed by atoms with E-state index in [1.54, 1.807) is 6.07 Å². The Kier molecular flexibility index (Phi) is 4.42. The molecule has 1 aromatic rings. The van der Waals surface area contributed by atoms with Crippen LogP contribution in [0.1, 0.15) is 50.2 Å². The van der Waals surface area contributed by atoms with Crippen LogP contribution in [0.4, 0.5) is 4.39 Å². The molecule has 2 rings (SSSR count). The number of benzene rings is 1. The van der Waals surface area contributed by atoms with Crippen molar-refractivity contribution in [3.63, 3.8) is 0 Å². The van der Waals surface area contributed by atoms with Crippen LogP contribution in [0.25, 0.3) is 0 Å². The summed E-state index contributed by atoms with van der Waals surface area (Å²) in [6.07, 6.45) is 4.01. The average molecular weight is 268 g/mol. The van der Waals surface area contributed by atoms with Gasteiger partial charge in [-0.2, -0.15) is 0 Å². The lowest BCUT2D eigenvalue weighted by Crippen LogP contribution is -2.35. The topological polar surface area (TPSA) is 49.7 Å². The van der Waals surface area contributed by atoms with E-state index >= 15 is 0 Å². The first kappa shape index (κ1) is 14.3. The van der Waals surface area contributed by atoms with Gasteiger partial charge in [0.05, 0.1) is 12.7 Å². The normalized spacial score (nSPS) is 20.6. The van der Waals surface area contributed by atoms with Crippen molar-refractivity contribution in [2.24, 2.45) is 0 Å². The third-order valence-electron chi connectivity index (χ3n) is 3.97. The Labute approximate surface area is 113 Å². The van der Waals surface area contributed by atoms with Gasteiger partial charge in [-0.05, 0) is 30.5 Å². The van der Waals surface area contributed by atoms with Crippen LogP contribution in [-0.4, -0.2) is 22.9 Å². The minimum Gasteiger partial charge on any atom is -0.494 e. The van der Waals surface area contributed by atoms with E-state index in [0.717, 1.165) is 25.7 Å². The van der Waals surface area contributed by atoms with Crippen molar-refractivity contribution < 1.29 is 19.3 Å². The van der Waals surface area contributed by atoms with Gasteiger partial charge in [-0.1, -0.05) is 31.7 Å². The van der Waals surface area contributed by atoms with Crippen molar-refractivity contribution in [3.8, 4) is 5.75 Å². The van der Waals surface area contributed by atoms with E-state index in [2.05, 4.69) is 0 Å². The third kappa shape index (κ3) is 3.07. The quantitative estimate of drug-likeness (QED) is 0.829.